The van der Waals surface area contributed by atoms with Crippen molar-refractivity contribution in [2.24, 2.45) is 5.73 Å². The van der Waals surface area contributed by atoms with Gasteiger partial charge in [0.2, 0.25) is 0 Å². The summed E-state index contributed by atoms with van der Waals surface area (Å²) in [5.74, 6) is -0.500. The Morgan fingerprint density at radius 1 is 1.10 bits per heavy atom. The fourth-order valence-electron chi connectivity index (χ4n) is 2.22. The lowest BCUT2D eigenvalue weighted by Gasteiger charge is -2.16. The van der Waals surface area contributed by atoms with Crippen LogP contribution in [0.5, 0.6) is 5.75 Å². The molecule has 20 heavy (non-hydrogen) atoms. The summed E-state index contributed by atoms with van der Waals surface area (Å²) in [6.07, 6.45) is 0.341. The first kappa shape index (κ1) is 14.5. The van der Waals surface area contributed by atoms with E-state index in [1.807, 2.05) is 25.1 Å². The Balaban J connectivity index is 2.25. The molecular weight excluding hydrogens is 260 g/mol. The summed E-state index contributed by atoms with van der Waals surface area (Å²) in [6.45, 7) is 1.96. The minimum absolute atomic E-state index is 0.341. The number of rotatable bonds is 4. The van der Waals surface area contributed by atoms with E-state index in [4.69, 9.17) is 10.5 Å². The average Bonchev–Trinajstić information content (AvgIpc) is 2.37. The number of benzene rings is 2. The van der Waals surface area contributed by atoms with Crippen molar-refractivity contribution in [2.75, 3.05) is 7.11 Å². The molecule has 0 heterocycles. The fourth-order valence-corrected chi connectivity index (χ4v) is 2.22. The Hall–Kier alpha value is -1.94. The SMILES string of the molecule is COc1cc(C)ccc1C(N)Cc1cc(F)cc(F)c1. The minimum atomic E-state index is -0.594. The largest absolute Gasteiger partial charge is 0.496 e. The van der Waals surface area contributed by atoms with Crippen molar-refractivity contribution in [3.8, 4) is 5.75 Å². The lowest BCUT2D eigenvalue weighted by Crippen LogP contribution is -2.15. The van der Waals surface area contributed by atoms with Gasteiger partial charge in [0.1, 0.15) is 17.4 Å². The third kappa shape index (κ3) is 3.33. The van der Waals surface area contributed by atoms with Gasteiger partial charge in [-0.25, -0.2) is 8.78 Å². The predicted molar refractivity (Wildman–Crippen MR) is 74.7 cm³/mol. The highest BCUT2D eigenvalue weighted by molar-refractivity contribution is 5.40. The third-order valence-electron chi connectivity index (χ3n) is 3.17. The van der Waals surface area contributed by atoms with Gasteiger partial charge in [0.05, 0.1) is 7.11 Å². The molecule has 2 rings (SSSR count). The highest BCUT2D eigenvalue weighted by Crippen LogP contribution is 2.27. The molecule has 2 N–H and O–H groups in total. The van der Waals surface area contributed by atoms with Crippen LogP contribution in [0.2, 0.25) is 0 Å². The Morgan fingerprint density at radius 3 is 2.35 bits per heavy atom. The fraction of sp³-hybridized carbons (Fsp3) is 0.250. The van der Waals surface area contributed by atoms with Gasteiger partial charge < -0.3 is 10.5 Å². The van der Waals surface area contributed by atoms with Crippen molar-refractivity contribution in [3.05, 3.63) is 64.7 Å². The molecule has 0 aliphatic heterocycles. The predicted octanol–water partition coefficient (Wildman–Crippen LogP) is 3.52. The molecular formula is C16H17F2NO. The van der Waals surface area contributed by atoms with Crippen LogP contribution in [0.4, 0.5) is 8.78 Å². The van der Waals surface area contributed by atoms with Crippen molar-refractivity contribution >= 4 is 0 Å². The maximum absolute atomic E-state index is 13.2. The van der Waals surface area contributed by atoms with Crippen molar-refractivity contribution in [3.63, 3.8) is 0 Å². The summed E-state index contributed by atoms with van der Waals surface area (Å²) in [6, 6.07) is 8.76. The maximum Gasteiger partial charge on any atom is 0.126 e. The highest BCUT2D eigenvalue weighted by Gasteiger charge is 2.13. The van der Waals surface area contributed by atoms with Gasteiger partial charge in [-0.2, -0.15) is 0 Å². The summed E-state index contributed by atoms with van der Waals surface area (Å²) < 4.78 is 31.7. The quantitative estimate of drug-likeness (QED) is 0.928. The van der Waals surface area contributed by atoms with Crippen LogP contribution >= 0.6 is 0 Å². The highest BCUT2D eigenvalue weighted by atomic mass is 19.1. The van der Waals surface area contributed by atoms with Gasteiger partial charge in [0.25, 0.3) is 0 Å². The molecule has 0 saturated carbocycles. The molecule has 0 amide bonds. The van der Waals surface area contributed by atoms with Gasteiger partial charge >= 0.3 is 0 Å². The number of methoxy groups -OCH3 is 1. The average molecular weight is 277 g/mol. The monoisotopic (exact) mass is 277 g/mol. The molecule has 2 aromatic rings. The Bertz CT molecular complexity index is 593. The first-order valence-electron chi connectivity index (χ1n) is 6.34. The Labute approximate surface area is 117 Å². The molecule has 0 aromatic heterocycles. The van der Waals surface area contributed by atoms with Crippen LogP contribution in [-0.4, -0.2) is 7.11 Å². The van der Waals surface area contributed by atoms with E-state index in [9.17, 15) is 8.78 Å². The number of hydrogen-bond acceptors (Lipinski definition) is 2. The van der Waals surface area contributed by atoms with Gasteiger partial charge in [-0.1, -0.05) is 12.1 Å². The van der Waals surface area contributed by atoms with Crippen LogP contribution in [-0.2, 0) is 6.42 Å². The van der Waals surface area contributed by atoms with E-state index in [1.165, 1.54) is 12.1 Å². The zero-order valence-electron chi connectivity index (χ0n) is 11.5. The zero-order chi connectivity index (χ0) is 14.7. The summed E-state index contributed by atoms with van der Waals surface area (Å²) in [4.78, 5) is 0. The van der Waals surface area contributed by atoms with Crippen LogP contribution in [0.25, 0.3) is 0 Å². The van der Waals surface area contributed by atoms with Gasteiger partial charge in [-0.05, 0) is 42.7 Å². The minimum Gasteiger partial charge on any atom is -0.496 e. The second-order valence-electron chi connectivity index (χ2n) is 4.83. The van der Waals surface area contributed by atoms with E-state index >= 15 is 0 Å². The van der Waals surface area contributed by atoms with E-state index in [1.54, 1.807) is 7.11 Å². The van der Waals surface area contributed by atoms with E-state index in [-0.39, 0.29) is 6.04 Å². The Morgan fingerprint density at radius 2 is 1.75 bits per heavy atom. The summed E-state index contributed by atoms with van der Waals surface area (Å²) in [5, 5.41) is 0. The number of aryl methyl sites for hydroxylation is 1. The zero-order valence-corrected chi connectivity index (χ0v) is 11.5. The lowest BCUT2D eigenvalue weighted by atomic mass is 9.97. The van der Waals surface area contributed by atoms with E-state index in [2.05, 4.69) is 0 Å². The van der Waals surface area contributed by atoms with Crippen LogP contribution in [0.3, 0.4) is 0 Å². The first-order chi connectivity index (χ1) is 9.49. The first-order valence-corrected chi connectivity index (χ1v) is 6.34. The molecule has 0 radical (unpaired) electrons. The van der Waals surface area contributed by atoms with Crippen molar-refractivity contribution in [1.82, 2.24) is 0 Å². The van der Waals surface area contributed by atoms with E-state index in [0.29, 0.717) is 17.7 Å². The molecule has 1 atom stereocenters. The molecule has 2 nitrogen and oxygen atoms in total. The number of nitrogens with two attached hydrogens (primary N) is 1. The van der Waals surface area contributed by atoms with E-state index < -0.39 is 11.6 Å². The number of hydrogen-bond donors (Lipinski definition) is 1. The third-order valence-corrected chi connectivity index (χ3v) is 3.17. The van der Waals surface area contributed by atoms with Crippen molar-refractivity contribution in [1.29, 1.82) is 0 Å². The molecule has 4 heteroatoms. The molecule has 0 aliphatic carbocycles. The topological polar surface area (TPSA) is 35.2 Å². The lowest BCUT2D eigenvalue weighted by molar-refractivity contribution is 0.405. The van der Waals surface area contributed by atoms with Gasteiger partial charge in [0.15, 0.2) is 0 Å². The van der Waals surface area contributed by atoms with Gasteiger partial charge in [-0.3, -0.25) is 0 Å². The Kier molecular flexibility index (Phi) is 4.35. The van der Waals surface area contributed by atoms with Crippen LogP contribution in [0, 0.1) is 18.6 Å². The van der Waals surface area contributed by atoms with Crippen molar-refractivity contribution in [2.45, 2.75) is 19.4 Å². The summed E-state index contributed by atoms with van der Waals surface area (Å²) >= 11 is 0. The molecule has 1 unspecified atom stereocenters. The molecule has 0 aliphatic rings. The normalized spacial score (nSPS) is 12.2. The molecule has 106 valence electrons. The van der Waals surface area contributed by atoms with E-state index in [0.717, 1.165) is 17.2 Å². The van der Waals surface area contributed by atoms with Crippen LogP contribution in [0.15, 0.2) is 36.4 Å². The second-order valence-corrected chi connectivity index (χ2v) is 4.83. The second kappa shape index (κ2) is 6.01. The maximum atomic E-state index is 13.2. The van der Waals surface area contributed by atoms with Gasteiger partial charge in [-0.15, -0.1) is 0 Å². The van der Waals surface area contributed by atoms with Crippen molar-refractivity contribution < 1.29 is 13.5 Å². The molecule has 0 spiro atoms. The standard InChI is InChI=1S/C16H17F2NO/c1-10-3-4-14(16(5-10)20-2)15(19)8-11-6-12(17)9-13(18)7-11/h3-7,9,15H,8,19H2,1-2H3. The van der Waals surface area contributed by atoms with Crippen LogP contribution < -0.4 is 10.5 Å². The molecule has 2 aromatic carbocycles. The summed E-state index contributed by atoms with van der Waals surface area (Å²) in [5.41, 5.74) is 8.54. The van der Waals surface area contributed by atoms with Crippen LogP contribution in [0.1, 0.15) is 22.7 Å². The molecule has 0 fully saturated rings. The molecule has 0 bridgehead atoms. The smallest absolute Gasteiger partial charge is 0.126 e. The molecule has 0 saturated heterocycles. The number of halogens is 2. The summed E-state index contributed by atoms with van der Waals surface area (Å²) in [7, 11) is 1.58. The number of ether oxygens (including phenoxy) is 1. The van der Waals surface area contributed by atoms with Gasteiger partial charge in [0, 0.05) is 17.7 Å².